The molecule has 0 bridgehead atoms. The van der Waals surface area contributed by atoms with E-state index in [1.165, 1.54) is 25.7 Å². The van der Waals surface area contributed by atoms with Gasteiger partial charge in [0.25, 0.3) is 0 Å². The van der Waals surface area contributed by atoms with Gasteiger partial charge >= 0.3 is 0 Å². The molecule has 0 aliphatic carbocycles. The Morgan fingerprint density at radius 1 is 0.938 bits per heavy atom. The minimum atomic E-state index is 0.222. The van der Waals surface area contributed by atoms with Crippen LogP contribution in [0.25, 0.3) is 0 Å². The molecule has 0 aromatic rings. The maximum absolute atomic E-state index is 6.03. The molecule has 16 heavy (non-hydrogen) atoms. The van der Waals surface area contributed by atoms with Crippen LogP contribution in [0, 0.1) is 0 Å². The van der Waals surface area contributed by atoms with E-state index in [4.69, 9.17) is 5.73 Å². The second-order valence-corrected chi connectivity index (χ2v) is 5.15. The van der Waals surface area contributed by atoms with Gasteiger partial charge in [0.05, 0.1) is 0 Å². The van der Waals surface area contributed by atoms with Gasteiger partial charge in [0, 0.05) is 25.2 Å². The molecule has 0 aromatic heterocycles. The lowest BCUT2D eigenvalue weighted by Crippen LogP contribution is -2.53. The number of nitrogens with two attached hydrogens (primary N) is 1. The van der Waals surface area contributed by atoms with Crippen LogP contribution < -0.4 is 5.73 Å². The summed E-state index contributed by atoms with van der Waals surface area (Å²) >= 11 is 0. The molecule has 98 valence electrons. The first-order valence-corrected chi connectivity index (χ1v) is 6.58. The van der Waals surface area contributed by atoms with Gasteiger partial charge in [-0.15, -0.1) is 0 Å². The molecule has 0 amide bonds. The van der Waals surface area contributed by atoms with E-state index in [2.05, 4.69) is 44.8 Å². The van der Waals surface area contributed by atoms with E-state index >= 15 is 0 Å². The molecule has 0 atom stereocenters. The van der Waals surface area contributed by atoms with Crippen LogP contribution >= 0.6 is 0 Å². The summed E-state index contributed by atoms with van der Waals surface area (Å²) in [4.78, 5) is 4.70. The highest BCUT2D eigenvalue weighted by Crippen LogP contribution is 2.24. The molecule has 0 aliphatic heterocycles. The molecule has 0 radical (unpaired) electrons. The molecule has 0 heterocycles. The molecule has 0 aromatic carbocycles. The molecule has 3 nitrogen and oxygen atoms in total. The minimum absolute atomic E-state index is 0.222. The SMILES string of the molecule is CCCC(CN)(CCC)N(C)CCN(C)C. The minimum Gasteiger partial charge on any atom is -0.329 e. The molecule has 0 spiro atoms. The highest BCUT2D eigenvalue weighted by atomic mass is 15.2. The zero-order valence-electron chi connectivity index (χ0n) is 11.9. The molecule has 3 heteroatoms. The van der Waals surface area contributed by atoms with Crippen LogP contribution in [0.5, 0.6) is 0 Å². The Morgan fingerprint density at radius 2 is 1.44 bits per heavy atom. The highest BCUT2D eigenvalue weighted by molar-refractivity contribution is 4.89. The summed E-state index contributed by atoms with van der Waals surface area (Å²) < 4.78 is 0. The third kappa shape index (κ3) is 4.81. The maximum Gasteiger partial charge on any atom is 0.0329 e. The molecule has 0 saturated carbocycles. The third-order valence-electron chi connectivity index (χ3n) is 3.50. The number of rotatable bonds is 9. The fourth-order valence-corrected chi connectivity index (χ4v) is 2.38. The monoisotopic (exact) mass is 229 g/mol. The predicted octanol–water partition coefficient (Wildman–Crippen LogP) is 1.78. The fraction of sp³-hybridized carbons (Fsp3) is 1.00. The van der Waals surface area contributed by atoms with Crippen molar-refractivity contribution in [2.45, 2.75) is 45.1 Å². The summed E-state index contributed by atoms with van der Waals surface area (Å²) in [6, 6.07) is 0. The van der Waals surface area contributed by atoms with Crippen LogP contribution in [-0.4, -0.2) is 56.1 Å². The Bertz CT molecular complexity index is 163. The Balaban J connectivity index is 4.45. The largest absolute Gasteiger partial charge is 0.329 e. The van der Waals surface area contributed by atoms with Crippen molar-refractivity contribution in [1.29, 1.82) is 0 Å². The zero-order valence-corrected chi connectivity index (χ0v) is 11.9. The van der Waals surface area contributed by atoms with Crippen LogP contribution in [0.2, 0.25) is 0 Å². The van der Waals surface area contributed by atoms with Crippen molar-refractivity contribution in [3.63, 3.8) is 0 Å². The second kappa shape index (κ2) is 8.04. The lowest BCUT2D eigenvalue weighted by molar-refractivity contribution is 0.0952. The molecule has 0 rings (SSSR count). The van der Waals surface area contributed by atoms with Gasteiger partial charge in [0.2, 0.25) is 0 Å². The van der Waals surface area contributed by atoms with E-state index in [-0.39, 0.29) is 5.54 Å². The van der Waals surface area contributed by atoms with Gasteiger partial charge in [0.1, 0.15) is 0 Å². The van der Waals surface area contributed by atoms with Crippen molar-refractivity contribution in [1.82, 2.24) is 9.80 Å². The normalized spacial score (nSPS) is 12.8. The van der Waals surface area contributed by atoms with Gasteiger partial charge in [-0.25, -0.2) is 0 Å². The van der Waals surface area contributed by atoms with Crippen molar-refractivity contribution < 1.29 is 0 Å². The lowest BCUT2D eigenvalue weighted by atomic mass is 9.87. The van der Waals surface area contributed by atoms with E-state index < -0.39 is 0 Å². The Kier molecular flexibility index (Phi) is 7.98. The first kappa shape index (κ1) is 15.9. The quantitative estimate of drug-likeness (QED) is 0.654. The lowest BCUT2D eigenvalue weighted by Gasteiger charge is -2.42. The molecular formula is C13H31N3. The molecule has 0 saturated heterocycles. The predicted molar refractivity (Wildman–Crippen MR) is 72.8 cm³/mol. The van der Waals surface area contributed by atoms with Crippen molar-refractivity contribution in [3.05, 3.63) is 0 Å². The fourth-order valence-electron chi connectivity index (χ4n) is 2.38. The Morgan fingerprint density at radius 3 is 1.75 bits per heavy atom. The van der Waals surface area contributed by atoms with Gasteiger partial charge in [-0.2, -0.15) is 0 Å². The summed E-state index contributed by atoms with van der Waals surface area (Å²) in [6.45, 7) is 7.48. The van der Waals surface area contributed by atoms with Gasteiger partial charge in [-0.05, 0) is 34.0 Å². The average Bonchev–Trinajstić information content (AvgIpc) is 2.25. The number of nitrogens with zero attached hydrogens (tertiary/aromatic N) is 2. The van der Waals surface area contributed by atoms with Crippen molar-refractivity contribution in [2.75, 3.05) is 40.8 Å². The van der Waals surface area contributed by atoms with Crippen LogP contribution in [-0.2, 0) is 0 Å². The summed E-state index contributed by atoms with van der Waals surface area (Å²) in [5.74, 6) is 0. The summed E-state index contributed by atoms with van der Waals surface area (Å²) in [5.41, 5.74) is 6.25. The molecule has 2 N–H and O–H groups in total. The summed E-state index contributed by atoms with van der Waals surface area (Å²) in [5, 5.41) is 0. The van der Waals surface area contributed by atoms with E-state index in [1.807, 2.05) is 0 Å². The third-order valence-corrected chi connectivity index (χ3v) is 3.50. The summed E-state index contributed by atoms with van der Waals surface area (Å²) in [7, 11) is 6.47. The van der Waals surface area contributed by atoms with Gasteiger partial charge < -0.3 is 10.6 Å². The van der Waals surface area contributed by atoms with E-state index in [9.17, 15) is 0 Å². The smallest absolute Gasteiger partial charge is 0.0329 e. The Labute approximate surface area is 102 Å². The van der Waals surface area contributed by atoms with Crippen LogP contribution in [0.15, 0.2) is 0 Å². The highest BCUT2D eigenvalue weighted by Gasteiger charge is 2.30. The number of likely N-dealkylation sites (N-methyl/N-ethyl adjacent to an activating group) is 2. The van der Waals surface area contributed by atoms with E-state index in [1.54, 1.807) is 0 Å². The maximum atomic E-state index is 6.03. The van der Waals surface area contributed by atoms with E-state index in [0.717, 1.165) is 19.6 Å². The van der Waals surface area contributed by atoms with Crippen LogP contribution in [0.1, 0.15) is 39.5 Å². The van der Waals surface area contributed by atoms with Crippen LogP contribution in [0.3, 0.4) is 0 Å². The van der Waals surface area contributed by atoms with Crippen LogP contribution in [0.4, 0.5) is 0 Å². The van der Waals surface area contributed by atoms with Gasteiger partial charge in [-0.3, -0.25) is 4.90 Å². The van der Waals surface area contributed by atoms with Crippen molar-refractivity contribution in [3.8, 4) is 0 Å². The number of hydrogen-bond donors (Lipinski definition) is 1. The number of hydrogen-bond acceptors (Lipinski definition) is 3. The first-order chi connectivity index (χ1) is 7.52. The standard InChI is InChI=1S/C13H31N3/c1-6-8-13(12-14,9-7-2)16(5)11-10-15(3)4/h6-12,14H2,1-5H3. The van der Waals surface area contributed by atoms with Crippen molar-refractivity contribution in [2.24, 2.45) is 5.73 Å². The molecule has 0 aliphatic rings. The Hall–Kier alpha value is -0.120. The van der Waals surface area contributed by atoms with Gasteiger partial charge in [0.15, 0.2) is 0 Å². The molecule has 0 unspecified atom stereocenters. The van der Waals surface area contributed by atoms with E-state index in [0.29, 0.717) is 0 Å². The summed E-state index contributed by atoms with van der Waals surface area (Å²) in [6.07, 6.45) is 4.84. The topological polar surface area (TPSA) is 32.5 Å². The van der Waals surface area contributed by atoms with Crippen molar-refractivity contribution >= 4 is 0 Å². The second-order valence-electron chi connectivity index (χ2n) is 5.15. The van der Waals surface area contributed by atoms with Gasteiger partial charge in [-0.1, -0.05) is 26.7 Å². The molecular weight excluding hydrogens is 198 g/mol. The first-order valence-electron chi connectivity index (χ1n) is 6.58. The zero-order chi connectivity index (χ0) is 12.6. The molecule has 0 fully saturated rings. The average molecular weight is 229 g/mol.